The van der Waals surface area contributed by atoms with E-state index in [0.717, 1.165) is 5.56 Å². The average Bonchev–Trinajstić information content (AvgIpc) is 2.55. The maximum absolute atomic E-state index is 11.3. The third-order valence-corrected chi connectivity index (χ3v) is 2.45. The molecule has 1 heterocycles. The molecule has 0 fully saturated rings. The van der Waals surface area contributed by atoms with Crippen LogP contribution in [-0.2, 0) is 0 Å². The summed E-state index contributed by atoms with van der Waals surface area (Å²) < 4.78 is 5.42. The van der Waals surface area contributed by atoms with Gasteiger partial charge in [0.2, 0.25) is 0 Å². The molecule has 1 aromatic carbocycles. The molecule has 82 valence electrons. The summed E-state index contributed by atoms with van der Waals surface area (Å²) in [6, 6.07) is 9.21. The van der Waals surface area contributed by atoms with Crippen molar-refractivity contribution >= 4 is 5.78 Å². The molecule has 0 bridgehead atoms. The molecule has 0 spiro atoms. The minimum atomic E-state index is -0.194. The topological polar surface area (TPSA) is 50.4 Å². The molecular formula is C13H12O3. The highest BCUT2D eigenvalue weighted by Crippen LogP contribution is 2.36. The van der Waals surface area contributed by atoms with Gasteiger partial charge in [-0.3, -0.25) is 4.79 Å². The van der Waals surface area contributed by atoms with Crippen LogP contribution in [0, 0.1) is 6.92 Å². The van der Waals surface area contributed by atoms with Crippen LogP contribution in [0.2, 0.25) is 0 Å². The third-order valence-electron chi connectivity index (χ3n) is 2.45. The van der Waals surface area contributed by atoms with Crippen molar-refractivity contribution in [3.05, 3.63) is 41.7 Å². The quantitative estimate of drug-likeness (QED) is 0.784. The van der Waals surface area contributed by atoms with Crippen molar-refractivity contribution in [1.82, 2.24) is 0 Å². The smallest absolute Gasteiger partial charge is 0.176 e. The SMILES string of the molecule is CC(=O)c1c(C)oc(-c2ccccc2)c1O. The van der Waals surface area contributed by atoms with Gasteiger partial charge in [0.05, 0.1) is 0 Å². The van der Waals surface area contributed by atoms with Crippen molar-refractivity contribution in [3.8, 4) is 17.1 Å². The molecule has 16 heavy (non-hydrogen) atoms. The minimum absolute atomic E-state index is 0.0730. The van der Waals surface area contributed by atoms with Crippen LogP contribution in [-0.4, -0.2) is 10.9 Å². The lowest BCUT2D eigenvalue weighted by molar-refractivity contribution is 0.101. The first kappa shape index (κ1) is 10.5. The second-order valence-corrected chi connectivity index (χ2v) is 3.63. The van der Waals surface area contributed by atoms with E-state index in [9.17, 15) is 9.90 Å². The van der Waals surface area contributed by atoms with Gasteiger partial charge in [0.1, 0.15) is 11.3 Å². The van der Waals surface area contributed by atoms with Crippen molar-refractivity contribution in [2.45, 2.75) is 13.8 Å². The first-order chi connectivity index (χ1) is 7.61. The highest BCUT2D eigenvalue weighted by Gasteiger charge is 2.21. The molecule has 0 saturated heterocycles. The lowest BCUT2D eigenvalue weighted by Crippen LogP contribution is -1.91. The van der Waals surface area contributed by atoms with E-state index < -0.39 is 0 Å². The van der Waals surface area contributed by atoms with E-state index in [4.69, 9.17) is 4.42 Å². The predicted molar refractivity (Wildman–Crippen MR) is 60.6 cm³/mol. The highest BCUT2D eigenvalue weighted by molar-refractivity contribution is 5.99. The van der Waals surface area contributed by atoms with Gasteiger partial charge in [-0.15, -0.1) is 0 Å². The van der Waals surface area contributed by atoms with Gasteiger partial charge in [-0.2, -0.15) is 0 Å². The summed E-state index contributed by atoms with van der Waals surface area (Å²) >= 11 is 0. The van der Waals surface area contributed by atoms with Gasteiger partial charge >= 0.3 is 0 Å². The van der Waals surface area contributed by atoms with Crippen molar-refractivity contribution in [1.29, 1.82) is 0 Å². The summed E-state index contributed by atoms with van der Waals surface area (Å²) in [5.74, 6) is 0.532. The maximum Gasteiger partial charge on any atom is 0.176 e. The lowest BCUT2D eigenvalue weighted by atomic mass is 10.1. The van der Waals surface area contributed by atoms with Crippen molar-refractivity contribution in [3.63, 3.8) is 0 Å². The number of furan rings is 1. The third kappa shape index (κ3) is 1.60. The molecule has 2 rings (SSSR count). The second kappa shape index (κ2) is 3.85. The molecular weight excluding hydrogens is 204 g/mol. The Labute approximate surface area is 93.3 Å². The number of carbonyl (C=O) groups excluding carboxylic acids is 1. The Balaban J connectivity index is 2.61. The Morgan fingerprint density at radius 1 is 1.25 bits per heavy atom. The Kier molecular flexibility index (Phi) is 2.52. The van der Waals surface area contributed by atoms with E-state index >= 15 is 0 Å². The second-order valence-electron chi connectivity index (χ2n) is 3.63. The molecule has 1 aromatic heterocycles. The van der Waals surface area contributed by atoms with E-state index in [1.165, 1.54) is 6.92 Å². The van der Waals surface area contributed by atoms with E-state index in [-0.39, 0.29) is 17.1 Å². The van der Waals surface area contributed by atoms with Crippen molar-refractivity contribution in [2.75, 3.05) is 0 Å². The van der Waals surface area contributed by atoms with Crippen LogP contribution >= 0.6 is 0 Å². The molecule has 0 saturated carbocycles. The molecule has 0 unspecified atom stereocenters. The number of ketones is 1. The molecule has 2 aromatic rings. The van der Waals surface area contributed by atoms with Gasteiger partial charge in [0.25, 0.3) is 0 Å². The maximum atomic E-state index is 11.3. The lowest BCUT2D eigenvalue weighted by Gasteiger charge is -1.96. The summed E-state index contributed by atoms with van der Waals surface area (Å²) in [6.07, 6.45) is 0. The van der Waals surface area contributed by atoms with Gasteiger partial charge in [0.15, 0.2) is 17.3 Å². The molecule has 0 atom stereocenters. The normalized spacial score (nSPS) is 10.4. The Morgan fingerprint density at radius 2 is 1.88 bits per heavy atom. The molecule has 0 aliphatic rings. The summed E-state index contributed by atoms with van der Waals surface area (Å²) in [5.41, 5.74) is 1.02. The molecule has 0 amide bonds. The number of benzene rings is 1. The zero-order valence-corrected chi connectivity index (χ0v) is 9.15. The van der Waals surface area contributed by atoms with Gasteiger partial charge < -0.3 is 9.52 Å². The average molecular weight is 216 g/mol. The van der Waals surface area contributed by atoms with Crippen LogP contribution in [0.1, 0.15) is 23.0 Å². The van der Waals surface area contributed by atoms with Gasteiger partial charge in [-0.05, 0) is 13.8 Å². The van der Waals surface area contributed by atoms with Crippen LogP contribution in [0.5, 0.6) is 5.75 Å². The summed E-state index contributed by atoms with van der Waals surface area (Å²) in [5, 5.41) is 9.92. The van der Waals surface area contributed by atoms with Gasteiger partial charge in [0, 0.05) is 5.56 Å². The fourth-order valence-electron chi connectivity index (χ4n) is 1.73. The van der Waals surface area contributed by atoms with E-state index in [1.54, 1.807) is 6.92 Å². The van der Waals surface area contributed by atoms with Crippen molar-refractivity contribution in [2.24, 2.45) is 0 Å². The number of aryl methyl sites for hydroxylation is 1. The molecule has 0 aliphatic carbocycles. The van der Waals surface area contributed by atoms with Gasteiger partial charge in [-0.1, -0.05) is 30.3 Å². The molecule has 3 heteroatoms. The summed E-state index contributed by atoms with van der Waals surface area (Å²) in [4.78, 5) is 11.3. The van der Waals surface area contributed by atoms with E-state index in [2.05, 4.69) is 0 Å². The molecule has 0 radical (unpaired) electrons. The number of hydrogen-bond donors (Lipinski definition) is 1. The molecule has 0 aliphatic heterocycles. The number of hydrogen-bond acceptors (Lipinski definition) is 3. The number of rotatable bonds is 2. The Morgan fingerprint density at radius 3 is 2.38 bits per heavy atom. The predicted octanol–water partition coefficient (Wildman–Crippen LogP) is 3.16. The Bertz CT molecular complexity index is 524. The molecule has 3 nitrogen and oxygen atoms in total. The van der Waals surface area contributed by atoms with Crippen molar-refractivity contribution < 1.29 is 14.3 Å². The number of carbonyl (C=O) groups is 1. The minimum Gasteiger partial charge on any atom is -0.504 e. The molecule has 1 N–H and O–H groups in total. The van der Waals surface area contributed by atoms with E-state index in [1.807, 2.05) is 30.3 Å². The zero-order valence-electron chi connectivity index (χ0n) is 9.15. The fourth-order valence-corrected chi connectivity index (χ4v) is 1.73. The van der Waals surface area contributed by atoms with Crippen LogP contribution in [0.3, 0.4) is 0 Å². The first-order valence-corrected chi connectivity index (χ1v) is 5.00. The largest absolute Gasteiger partial charge is 0.504 e. The summed E-state index contributed by atoms with van der Waals surface area (Å²) in [6.45, 7) is 3.08. The van der Waals surface area contributed by atoms with Crippen LogP contribution < -0.4 is 0 Å². The summed E-state index contributed by atoms with van der Waals surface area (Å²) in [7, 11) is 0. The van der Waals surface area contributed by atoms with E-state index in [0.29, 0.717) is 11.5 Å². The van der Waals surface area contributed by atoms with Crippen LogP contribution in [0.4, 0.5) is 0 Å². The number of aromatic hydroxyl groups is 1. The monoisotopic (exact) mass is 216 g/mol. The fraction of sp³-hybridized carbons (Fsp3) is 0.154. The highest BCUT2D eigenvalue weighted by atomic mass is 16.4. The van der Waals surface area contributed by atoms with Crippen LogP contribution in [0.25, 0.3) is 11.3 Å². The van der Waals surface area contributed by atoms with Gasteiger partial charge in [-0.25, -0.2) is 0 Å². The standard InChI is InChI=1S/C13H12O3/c1-8(14)11-9(2)16-13(12(11)15)10-6-4-3-5-7-10/h3-7,15H,1-2H3. The first-order valence-electron chi connectivity index (χ1n) is 5.00. The zero-order chi connectivity index (χ0) is 11.7. The number of Topliss-reactive ketones (excluding diaryl/α,β-unsaturated/α-hetero) is 1. The van der Waals surface area contributed by atoms with Crippen LogP contribution in [0.15, 0.2) is 34.7 Å². The Hall–Kier alpha value is -2.03.